The van der Waals surface area contributed by atoms with Crippen molar-refractivity contribution in [3.05, 3.63) is 19.1 Å². The predicted octanol–water partition coefficient (Wildman–Crippen LogP) is 8.93. The smallest absolute Gasteiger partial charge is 0 e. The summed E-state index contributed by atoms with van der Waals surface area (Å²) >= 11 is 0. The first-order chi connectivity index (χ1) is 13.0. The second kappa shape index (κ2) is 14.1. The minimum absolute atomic E-state index is 0. The van der Waals surface area contributed by atoms with Gasteiger partial charge in [0.1, 0.15) is 0 Å². The van der Waals surface area contributed by atoms with Crippen molar-refractivity contribution >= 4 is 0 Å². The SMILES string of the molecule is CC1C(C)C(C)C(C)C1C.CC1C(C)C(C)C(C)C1C.[CH2-]CC1CC=CCC1.[Y]. The van der Waals surface area contributed by atoms with Gasteiger partial charge in [-0.05, 0) is 78.4 Å². The standard InChI is InChI=1S/2C10H20.C8H13.Y/c2*1-6-7(2)9(4)10(5)8(6)3;1-2-8-6-4-3-5-7-8;/h2*6-10H,1-5H3;3-4,8H,1-2,5-7H2;/q;;-1;. The fourth-order valence-electron chi connectivity index (χ4n) is 5.91. The number of rotatable bonds is 1. The Bertz CT molecular complexity index is 336. The first-order valence-electron chi connectivity index (χ1n) is 12.5. The minimum Gasteiger partial charge on any atom is -0.343 e. The van der Waals surface area contributed by atoms with Gasteiger partial charge in [0.15, 0.2) is 0 Å². The summed E-state index contributed by atoms with van der Waals surface area (Å²) in [6.07, 6.45) is 9.57. The summed E-state index contributed by atoms with van der Waals surface area (Å²) in [5.41, 5.74) is 0. The van der Waals surface area contributed by atoms with Crippen molar-refractivity contribution in [3.63, 3.8) is 0 Å². The molecule has 0 aromatic rings. The van der Waals surface area contributed by atoms with Gasteiger partial charge in [0.05, 0.1) is 0 Å². The third-order valence-electron chi connectivity index (χ3n) is 10.1. The van der Waals surface area contributed by atoms with E-state index in [1.165, 1.54) is 19.3 Å². The van der Waals surface area contributed by atoms with Crippen molar-refractivity contribution in [2.75, 3.05) is 0 Å². The van der Waals surface area contributed by atoms with Crippen molar-refractivity contribution in [2.24, 2.45) is 65.1 Å². The topological polar surface area (TPSA) is 0 Å². The third-order valence-corrected chi connectivity index (χ3v) is 10.1. The monoisotopic (exact) mass is 478 g/mol. The fourth-order valence-corrected chi connectivity index (χ4v) is 5.91. The van der Waals surface area contributed by atoms with Crippen LogP contribution >= 0.6 is 0 Å². The number of hydrogen-bond acceptors (Lipinski definition) is 0. The van der Waals surface area contributed by atoms with E-state index in [1.807, 2.05) is 0 Å². The molecule has 0 N–H and O–H groups in total. The van der Waals surface area contributed by atoms with Crippen molar-refractivity contribution in [3.8, 4) is 0 Å². The molecule has 2 saturated carbocycles. The van der Waals surface area contributed by atoms with E-state index < -0.39 is 0 Å². The van der Waals surface area contributed by atoms with Crippen LogP contribution in [-0.4, -0.2) is 0 Å². The van der Waals surface area contributed by atoms with Gasteiger partial charge in [-0.15, -0.1) is 0 Å². The molecule has 0 heterocycles. The van der Waals surface area contributed by atoms with Crippen LogP contribution in [0.1, 0.15) is 94.9 Å². The molecule has 3 aliphatic carbocycles. The van der Waals surface area contributed by atoms with Crippen LogP contribution in [0.3, 0.4) is 0 Å². The van der Waals surface area contributed by atoms with E-state index in [4.69, 9.17) is 0 Å². The molecule has 0 aromatic heterocycles. The van der Waals surface area contributed by atoms with Crippen LogP contribution in [0, 0.1) is 72.0 Å². The Morgan fingerprint density at radius 3 is 0.966 bits per heavy atom. The zero-order valence-corrected chi connectivity index (χ0v) is 24.5. The summed E-state index contributed by atoms with van der Waals surface area (Å²) in [6, 6.07) is 0. The third kappa shape index (κ3) is 8.04. The fraction of sp³-hybridized carbons (Fsp3) is 0.893. The maximum absolute atomic E-state index is 3.88. The van der Waals surface area contributed by atoms with Crippen LogP contribution in [0.2, 0.25) is 0 Å². The van der Waals surface area contributed by atoms with E-state index in [0.717, 1.165) is 71.5 Å². The van der Waals surface area contributed by atoms with Gasteiger partial charge in [-0.3, -0.25) is 0 Å². The molecule has 0 amide bonds. The average Bonchev–Trinajstić information content (AvgIpc) is 2.99. The van der Waals surface area contributed by atoms with Crippen molar-refractivity contribution < 1.29 is 32.7 Å². The molecule has 1 atom stereocenters. The molecule has 0 aliphatic heterocycles. The Hall–Kier alpha value is 0.844. The van der Waals surface area contributed by atoms with Crippen LogP contribution in [0.15, 0.2) is 12.2 Å². The quantitative estimate of drug-likeness (QED) is 0.261. The molecule has 0 aromatic carbocycles. The summed E-state index contributed by atoms with van der Waals surface area (Å²) < 4.78 is 0. The second-order valence-electron chi connectivity index (χ2n) is 11.0. The van der Waals surface area contributed by atoms with Crippen LogP contribution in [0.25, 0.3) is 0 Å². The Kier molecular flexibility index (Phi) is 14.5. The summed E-state index contributed by atoms with van der Waals surface area (Å²) in [5, 5.41) is 0. The molecule has 0 bridgehead atoms. The summed E-state index contributed by atoms with van der Waals surface area (Å²) in [6.45, 7) is 27.9. The van der Waals surface area contributed by atoms with Crippen molar-refractivity contribution in [2.45, 2.75) is 94.9 Å². The van der Waals surface area contributed by atoms with E-state index in [9.17, 15) is 0 Å². The first-order valence-corrected chi connectivity index (χ1v) is 12.5. The minimum atomic E-state index is 0. The van der Waals surface area contributed by atoms with Crippen LogP contribution in [0.5, 0.6) is 0 Å². The summed E-state index contributed by atoms with van der Waals surface area (Å²) in [5.74, 6) is 10.2. The molecule has 2 fully saturated rings. The largest absolute Gasteiger partial charge is 0.343 e. The molecule has 3 aliphatic rings. The van der Waals surface area contributed by atoms with Gasteiger partial charge in [-0.2, -0.15) is 6.42 Å². The van der Waals surface area contributed by atoms with Gasteiger partial charge in [0.25, 0.3) is 0 Å². The van der Waals surface area contributed by atoms with E-state index in [1.54, 1.807) is 0 Å². The molecule has 1 radical (unpaired) electrons. The Morgan fingerprint density at radius 1 is 0.552 bits per heavy atom. The van der Waals surface area contributed by atoms with Gasteiger partial charge in [-0.1, -0.05) is 87.3 Å². The second-order valence-corrected chi connectivity index (χ2v) is 11.0. The molecule has 3 rings (SSSR count). The molecule has 0 saturated heterocycles. The zero-order valence-electron chi connectivity index (χ0n) is 21.6. The molecule has 1 heteroatoms. The average molecular weight is 479 g/mol. The van der Waals surface area contributed by atoms with Gasteiger partial charge in [0.2, 0.25) is 0 Å². The Morgan fingerprint density at radius 2 is 0.828 bits per heavy atom. The van der Waals surface area contributed by atoms with Crippen molar-refractivity contribution in [1.29, 1.82) is 0 Å². The summed E-state index contributed by atoms with van der Waals surface area (Å²) in [4.78, 5) is 0. The van der Waals surface area contributed by atoms with Crippen LogP contribution in [-0.2, 0) is 32.7 Å². The number of allylic oxidation sites excluding steroid dienone is 2. The van der Waals surface area contributed by atoms with Gasteiger partial charge in [0, 0.05) is 32.7 Å². The van der Waals surface area contributed by atoms with Crippen molar-refractivity contribution in [1.82, 2.24) is 0 Å². The van der Waals surface area contributed by atoms with Gasteiger partial charge < -0.3 is 6.92 Å². The maximum Gasteiger partial charge on any atom is 0 e. The molecular formula is C28H53Y-. The Labute approximate surface area is 210 Å². The Balaban J connectivity index is 0.000000401. The van der Waals surface area contributed by atoms with Crippen LogP contribution in [0.4, 0.5) is 0 Å². The molecule has 0 nitrogen and oxygen atoms in total. The van der Waals surface area contributed by atoms with E-state index in [2.05, 4.69) is 88.3 Å². The van der Waals surface area contributed by atoms with E-state index >= 15 is 0 Å². The molecule has 1 unspecified atom stereocenters. The normalized spacial score (nSPS) is 46.1. The zero-order chi connectivity index (χ0) is 21.6. The van der Waals surface area contributed by atoms with Gasteiger partial charge >= 0.3 is 0 Å². The van der Waals surface area contributed by atoms with E-state index in [-0.39, 0.29) is 32.7 Å². The predicted molar refractivity (Wildman–Crippen MR) is 128 cm³/mol. The van der Waals surface area contributed by atoms with Crippen LogP contribution < -0.4 is 0 Å². The molecule has 0 spiro atoms. The molecule has 29 heavy (non-hydrogen) atoms. The van der Waals surface area contributed by atoms with Gasteiger partial charge in [-0.25, -0.2) is 0 Å². The van der Waals surface area contributed by atoms with E-state index in [0.29, 0.717) is 0 Å². The maximum atomic E-state index is 3.88. The number of hydrogen-bond donors (Lipinski definition) is 0. The molecule has 169 valence electrons. The molecular weight excluding hydrogens is 425 g/mol. The summed E-state index contributed by atoms with van der Waals surface area (Å²) in [7, 11) is 0. The first kappa shape index (κ1) is 29.8.